The van der Waals surface area contributed by atoms with Crippen LogP contribution in [0.5, 0.6) is 5.75 Å². The number of anilines is 1. The Hall–Kier alpha value is -3.09. The Labute approximate surface area is 178 Å². The van der Waals surface area contributed by atoms with Gasteiger partial charge in [-0.3, -0.25) is 4.40 Å². The van der Waals surface area contributed by atoms with Gasteiger partial charge < -0.3 is 15.0 Å². The fourth-order valence-corrected chi connectivity index (χ4v) is 3.70. The van der Waals surface area contributed by atoms with Crippen molar-refractivity contribution >= 4 is 11.5 Å². The van der Waals surface area contributed by atoms with Gasteiger partial charge in [-0.2, -0.15) is 13.2 Å². The summed E-state index contributed by atoms with van der Waals surface area (Å²) in [5, 5.41) is 11.3. The lowest BCUT2D eigenvalue weighted by Gasteiger charge is -2.30. The summed E-state index contributed by atoms with van der Waals surface area (Å²) in [6.45, 7) is 1.74. The van der Waals surface area contributed by atoms with Crippen LogP contribution in [0.1, 0.15) is 18.4 Å². The fraction of sp³-hybridized carbons (Fsp3) is 0.421. The van der Waals surface area contributed by atoms with Crippen LogP contribution in [0.2, 0.25) is 0 Å². The Morgan fingerprint density at radius 2 is 1.91 bits per heavy atom. The highest BCUT2D eigenvalue weighted by Gasteiger charge is 2.36. The standard InChI is InChI=1S/C19H18F6N6O/c1-30-6-2-3-12(9-30)27-17-29-28-16(14-8-26-10-31(14)17)13-5-4-11(18(20,21)22)7-15(13)32-19(23,24)25/h4-5,7-8,10,12H,2-3,6,9H2,1H3,(H,27,29)/t12-/m1/s1. The van der Waals surface area contributed by atoms with E-state index in [9.17, 15) is 26.3 Å². The molecule has 0 spiro atoms. The Morgan fingerprint density at radius 1 is 1.12 bits per heavy atom. The van der Waals surface area contributed by atoms with E-state index in [4.69, 9.17) is 0 Å². The third-order valence-corrected chi connectivity index (χ3v) is 5.10. The van der Waals surface area contributed by atoms with E-state index < -0.39 is 23.9 Å². The van der Waals surface area contributed by atoms with E-state index >= 15 is 0 Å². The van der Waals surface area contributed by atoms with E-state index in [1.807, 2.05) is 7.05 Å². The molecule has 0 saturated carbocycles. The van der Waals surface area contributed by atoms with Crippen molar-refractivity contribution < 1.29 is 31.1 Å². The Kier molecular flexibility index (Phi) is 5.61. The van der Waals surface area contributed by atoms with E-state index in [0.717, 1.165) is 32.0 Å². The number of hydrogen-bond acceptors (Lipinski definition) is 6. The number of fused-ring (bicyclic) bond motifs is 1. The number of nitrogens with one attached hydrogen (secondary N) is 1. The van der Waals surface area contributed by atoms with Crippen LogP contribution in [0, 0.1) is 0 Å². The van der Waals surface area contributed by atoms with Gasteiger partial charge in [-0.25, -0.2) is 4.98 Å². The molecule has 3 aromatic rings. The molecule has 7 nitrogen and oxygen atoms in total. The summed E-state index contributed by atoms with van der Waals surface area (Å²) in [5.41, 5.74) is -1.41. The van der Waals surface area contributed by atoms with Crippen LogP contribution in [0.15, 0.2) is 30.7 Å². The molecule has 0 radical (unpaired) electrons. The number of hydrogen-bond donors (Lipinski definition) is 1. The smallest absolute Gasteiger partial charge is 0.405 e. The maximum Gasteiger partial charge on any atom is 0.573 e. The van der Waals surface area contributed by atoms with Crippen molar-refractivity contribution in [2.45, 2.75) is 31.4 Å². The Bertz CT molecular complexity index is 1110. The molecule has 1 aliphatic rings. The molecule has 1 atom stereocenters. The zero-order chi connectivity index (χ0) is 23.1. The van der Waals surface area contributed by atoms with Gasteiger partial charge in [-0.1, -0.05) is 0 Å². The second-order valence-corrected chi connectivity index (χ2v) is 7.52. The highest BCUT2D eigenvalue weighted by Crippen LogP contribution is 2.40. The molecule has 1 aliphatic heterocycles. The average Bonchev–Trinajstić information content (AvgIpc) is 3.17. The summed E-state index contributed by atoms with van der Waals surface area (Å²) in [4.78, 5) is 6.16. The van der Waals surface area contributed by atoms with Gasteiger partial charge in [0.2, 0.25) is 5.95 Å². The second-order valence-electron chi connectivity index (χ2n) is 7.52. The lowest BCUT2D eigenvalue weighted by molar-refractivity contribution is -0.274. The highest BCUT2D eigenvalue weighted by molar-refractivity contribution is 5.81. The van der Waals surface area contributed by atoms with Crippen LogP contribution in [0.25, 0.3) is 16.8 Å². The predicted octanol–water partition coefficient (Wildman–Crippen LogP) is 4.21. The van der Waals surface area contributed by atoms with Crippen LogP contribution < -0.4 is 10.1 Å². The lowest BCUT2D eigenvalue weighted by atomic mass is 10.1. The summed E-state index contributed by atoms with van der Waals surface area (Å²) < 4.78 is 83.3. The third-order valence-electron chi connectivity index (χ3n) is 5.10. The summed E-state index contributed by atoms with van der Waals surface area (Å²) in [5.74, 6) is -0.703. The van der Waals surface area contributed by atoms with Crippen LogP contribution in [-0.2, 0) is 6.18 Å². The third kappa shape index (κ3) is 4.71. The minimum atomic E-state index is -5.20. The monoisotopic (exact) mass is 460 g/mol. The van der Waals surface area contributed by atoms with Crippen LogP contribution in [0.4, 0.5) is 32.3 Å². The van der Waals surface area contributed by atoms with Crippen LogP contribution >= 0.6 is 0 Å². The molecule has 2 aromatic heterocycles. The van der Waals surface area contributed by atoms with Gasteiger partial charge in [0.25, 0.3) is 0 Å². The number of alkyl halides is 6. The van der Waals surface area contributed by atoms with Gasteiger partial charge in [0.15, 0.2) is 0 Å². The molecule has 1 fully saturated rings. The molecule has 13 heteroatoms. The van der Waals surface area contributed by atoms with Gasteiger partial charge in [-0.05, 0) is 44.6 Å². The maximum absolute atomic E-state index is 13.1. The van der Waals surface area contributed by atoms with Gasteiger partial charge >= 0.3 is 12.5 Å². The van der Waals surface area contributed by atoms with Gasteiger partial charge in [-0.15, -0.1) is 23.4 Å². The van der Waals surface area contributed by atoms with Crippen molar-refractivity contribution in [2.75, 3.05) is 25.5 Å². The van der Waals surface area contributed by atoms with Crippen LogP contribution in [-0.4, -0.2) is 57.0 Å². The van der Waals surface area contributed by atoms with Crippen molar-refractivity contribution in [3.63, 3.8) is 0 Å². The van der Waals surface area contributed by atoms with Crippen molar-refractivity contribution in [3.05, 3.63) is 36.3 Å². The molecule has 0 unspecified atom stereocenters. The summed E-state index contributed by atoms with van der Waals surface area (Å²) in [6.07, 6.45) is -5.42. The van der Waals surface area contributed by atoms with Crippen LogP contribution in [0.3, 0.4) is 0 Å². The van der Waals surface area contributed by atoms with Crippen molar-refractivity contribution in [2.24, 2.45) is 0 Å². The number of nitrogens with zero attached hydrogens (tertiary/aromatic N) is 5. The normalized spacial score (nSPS) is 18.2. The zero-order valence-corrected chi connectivity index (χ0v) is 16.7. The number of benzene rings is 1. The first-order valence-electron chi connectivity index (χ1n) is 9.62. The number of piperidine rings is 1. The maximum atomic E-state index is 13.1. The molecule has 1 aromatic carbocycles. The first-order valence-corrected chi connectivity index (χ1v) is 9.62. The number of ether oxygens (including phenoxy) is 1. The number of halogens is 6. The Morgan fingerprint density at radius 3 is 2.59 bits per heavy atom. The molecule has 172 valence electrons. The van der Waals surface area contributed by atoms with Crippen molar-refractivity contribution in [1.29, 1.82) is 0 Å². The molecular formula is C19H18F6N6O. The molecule has 0 amide bonds. The summed E-state index contributed by atoms with van der Waals surface area (Å²) in [6, 6.07) is 1.91. The number of rotatable bonds is 4. The minimum Gasteiger partial charge on any atom is -0.405 e. The van der Waals surface area contributed by atoms with Gasteiger partial charge in [0.05, 0.1) is 17.3 Å². The Balaban J connectivity index is 1.76. The largest absolute Gasteiger partial charge is 0.573 e. The lowest BCUT2D eigenvalue weighted by Crippen LogP contribution is -2.40. The molecule has 0 aliphatic carbocycles. The SMILES string of the molecule is CN1CCC[C@@H](Nc2nnc(-c3ccc(C(F)(F)F)cc3OC(F)(F)F)c3cncn23)C1. The minimum absolute atomic E-state index is 0.0784. The molecular weight excluding hydrogens is 442 g/mol. The fourth-order valence-electron chi connectivity index (χ4n) is 3.70. The first kappa shape index (κ1) is 22.1. The molecule has 32 heavy (non-hydrogen) atoms. The number of aromatic nitrogens is 4. The molecule has 0 bridgehead atoms. The topological polar surface area (TPSA) is 67.6 Å². The predicted molar refractivity (Wildman–Crippen MR) is 102 cm³/mol. The molecule has 1 saturated heterocycles. The molecule has 4 rings (SSSR count). The number of likely N-dealkylation sites (tertiary alicyclic amines) is 1. The average molecular weight is 460 g/mol. The first-order chi connectivity index (χ1) is 15.0. The van der Waals surface area contributed by atoms with E-state index in [2.05, 4.69) is 30.1 Å². The molecule has 3 heterocycles. The second kappa shape index (κ2) is 8.11. The molecule has 1 N–H and O–H groups in total. The van der Waals surface area contributed by atoms with E-state index in [0.29, 0.717) is 18.1 Å². The summed E-state index contributed by atoms with van der Waals surface area (Å²) in [7, 11) is 1.99. The van der Waals surface area contributed by atoms with Gasteiger partial charge in [0, 0.05) is 18.2 Å². The number of imidazole rings is 1. The quantitative estimate of drug-likeness (QED) is 0.589. The summed E-state index contributed by atoms with van der Waals surface area (Å²) >= 11 is 0. The van der Waals surface area contributed by atoms with Crippen molar-refractivity contribution in [1.82, 2.24) is 24.5 Å². The zero-order valence-electron chi connectivity index (χ0n) is 16.7. The van der Waals surface area contributed by atoms with E-state index in [-0.39, 0.29) is 22.8 Å². The highest BCUT2D eigenvalue weighted by atomic mass is 19.4. The van der Waals surface area contributed by atoms with Crippen molar-refractivity contribution in [3.8, 4) is 17.0 Å². The van der Waals surface area contributed by atoms with E-state index in [1.54, 1.807) is 0 Å². The van der Waals surface area contributed by atoms with E-state index in [1.165, 1.54) is 16.9 Å². The number of likely N-dealkylation sites (N-methyl/N-ethyl adjacent to an activating group) is 1. The van der Waals surface area contributed by atoms with Gasteiger partial charge in [0.1, 0.15) is 17.8 Å².